The molecule has 0 saturated carbocycles. The molecule has 27 heavy (non-hydrogen) atoms. The van der Waals surface area contributed by atoms with E-state index < -0.39 is 0 Å². The highest BCUT2D eigenvalue weighted by Crippen LogP contribution is 2.19. The van der Waals surface area contributed by atoms with E-state index in [1.165, 1.54) is 4.90 Å². The molecule has 0 radical (unpaired) electrons. The van der Waals surface area contributed by atoms with Crippen molar-refractivity contribution in [2.45, 2.75) is 6.54 Å². The molecule has 136 valence electrons. The van der Waals surface area contributed by atoms with Gasteiger partial charge in [-0.15, -0.1) is 0 Å². The van der Waals surface area contributed by atoms with Crippen molar-refractivity contribution in [1.82, 2.24) is 10.2 Å². The van der Waals surface area contributed by atoms with Gasteiger partial charge in [0.05, 0.1) is 0 Å². The Morgan fingerprint density at radius 2 is 1.30 bits per heavy atom. The molecule has 0 saturated heterocycles. The first-order valence-electron chi connectivity index (χ1n) is 8.79. The zero-order valence-corrected chi connectivity index (χ0v) is 15.5. The van der Waals surface area contributed by atoms with Crippen molar-refractivity contribution in [2.75, 3.05) is 14.1 Å². The van der Waals surface area contributed by atoms with Crippen LogP contribution in [0, 0.1) is 0 Å². The highest BCUT2D eigenvalue weighted by Gasteiger charge is 2.09. The number of nitrogens with one attached hydrogen (secondary N) is 1. The fourth-order valence-electron chi connectivity index (χ4n) is 2.75. The number of hydrogen-bond acceptors (Lipinski definition) is 2. The Morgan fingerprint density at radius 3 is 1.89 bits per heavy atom. The van der Waals surface area contributed by atoms with Gasteiger partial charge in [-0.05, 0) is 41.0 Å². The van der Waals surface area contributed by atoms with Gasteiger partial charge >= 0.3 is 0 Å². The molecular weight excluding hydrogens is 336 g/mol. The van der Waals surface area contributed by atoms with Crippen LogP contribution in [0.5, 0.6) is 0 Å². The van der Waals surface area contributed by atoms with Gasteiger partial charge in [0.25, 0.3) is 11.8 Å². The third kappa shape index (κ3) is 4.61. The molecule has 3 rings (SSSR count). The van der Waals surface area contributed by atoms with E-state index in [0.29, 0.717) is 17.7 Å². The highest BCUT2D eigenvalue weighted by molar-refractivity contribution is 5.95. The molecule has 0 fully saturated rings. The van der Waals surface area contributed by atoms with E-state index in [1.807, 2.05) is 66.7 Å². The highest BCUT2D eigenvalue weighted by atomic mass is 16.2. The Kier molecular flexibility index (Phi) is 5.67. The van der Waals surface area contributed by atoms with Crippen molar-refractivity contribution >= 4 is 11.8 Å². The van der Waals surface area contributed by atoms with Gasteiger partial charge in [-0.2, -0.15) is 0 Å². The maximum Gasteiger partial charge on any atom is 0.253 e. The zero-order chi connectivity index (χ0) is 19.2. The molecule has 0 aliphatic rings. The third-order valence-corrected chi connectivity index (χ3v) is 4.31. The average Bonchev–Trinajstić information content (AvgIpc) is 2.72. The molecule has 4 heteroatoms. The minimum absolute atomic E-state index is 0.0379. The van der Waals surface area contributed by atoms with Crippen molar-refractivity contribution in [3.63, 3.8) is 0 Å². The lowest BCUT2D eigenvalue weighted by atomic mass is 10.0. The predicted octanol–water partition coefficient (Wildman–Crippen LogP) is 3.99. The predicted molar refractivity (Wildman–Crippen MR) is 108 cm³/mol. The van der Waals surface area contributed by atoms with E-state index in [2.05, 4.69) is 5.32 Å². The lowest BCUT2D eigenvalue weighted by molar-refractivity contribution is 0.0827. The average molecular weight is 358 g/mol. The smallest absolute Gasteiger partial charge is 0.253 e. The zero-order valence-electron chi connectivity index (χ0n) is 15.5. The molecule has 0 atom stereocenters. The van der Waals surface area contributed by atoms with E-state index in [-0.39, 0.29) is 11.8 Å². The minimum Gasteiger partial charge on any atom is -0.348 e. The van der Waals surface area contributed by atoms with E-state index in [1.54, 1.807) is 26.2 Å². The molecule has 1 N–H and O–H groups in total. The van der Waals surface area contributed by atoms with E-state index >= 15 is 0 Å². The molecule has 3 aromatic rings. The van der Waals surface area contributed by atoms with Gasteiger partial charge < -0.3 is 10.2 Å². The standard InChI is InChI=1S/C23H22N2O2/c1-25(2)23(27)21-10-8-17(9-11-21)16-24-22(26)20-14-12-19(13-15-20)18-6-4-3-5-7-18/h3-15H,16H2,1-2H3,(H,24,26). The number of hydrogen-bond donors (Lipinski definition) is 1. The maximum absolute atomic E-state index is 12.4. The van der Waals surface area contributed by atoms with Crippen LogP contribution in [0.1, 0.15) is 26.3 Å². The first-order valence-corrected chi connectivity index (χ1v) is 8.79. The molecule has 0 heterocycles. The summed E-state index contributed by atoms with van der Waals surface area (Å²) in [4.78, 5) is 25.8. The Labute approximate surface area is 159 Å². The maximum atomic E-state index is 12.4. The first kappa shape index (κ1) is 18.4. The molecule has 3 aromatic carbocycles. The van der Waals surface area contributed by atoms with Crippen molar-refractivity contribution in [1.29, 1.82) is 0 Å². The van der Waals surface area contributed by atoms with Crippen LogP contribution >= 0.6 is 0 Å². The minimum atomic E-state index is -0.122. The SMILES string of the molecule is CN(C)C(=O)c1ccc(CNC(=O)c2ccc(-c3ccccc3)cc2)cc1. The molecule has 0 aromatic heterocycles. The van der Waals surface area contributed by atoms with Gasteiger partial charge in [-0.3, -0.25) is 9.59 Å². The van der Waals surface area contributed by atoms with Crippen molar-refractivity contribution in [3.8, 4) is 11.1 Å². The van der Waals surface area contributed by atoms with Crippen molar-refractivity contribution < 1.29 is 9.59 Å². The molecule has 0 aliphatic carbocycles. The summed E-state index contributed by atoms with van der Waals surface area (Å²) in [6.07, 6.45) is 0. The largest absolute Gasteiger partial charge is 0.348 e. The van der Waals surface area contributed by atoms with Gasteiger partial charge in [0.1, 0.15) is 0 Å². The first-order chi connectivity index (χ1) is 13.0. The van der Waals surface area contributed by atoms with Crippen LogP contribution in [-0.4, -0.2) is 30.8 Å². The fraction of sp³-hybridized carbons (Fsp3) is 0.130. The molecular formula is C23H22N2O2. The van der Waals surface area contributed by atoms with Gasteiger partial charge in [-0.1, -0.05) is 54.6 Å². The number of rotatable bonds is 5. The van der Waals surface area contributed by atoms with Crippen LogP contribution in [0.15, 0.2) is 78.9 Å². The van der Waals surface area contributed by atoms with E-state index in [9.17, 15) is 9.59 Å². The van der Waals surface area contributed by atoms with Crippen LogP contribution in [-0.2, 0) is 6.54 Å². The number of carbonyl (C=O) groups is 2. The van der Waals surface area contributed by atoms with Crippen molar-refractivity contribution in [3.05, 3.63) is 95.6 Å². The molecule has 0 spiro atoms. The van der Waals surface area contributed by atoms with Crippen LogP contribution in [0.4, 0.5) is 0 Å². The summed E-state index contributed by atoms with van der Waals surface area (Å²) in [5.41, 5.74) is 4.39. The summed E-state index contributed by atoms with van der Waals surface area (Å²) in [5, 5.41) is 2.91. The van der Waals surface area contributed by atoms with Gasteiger partial charge in [0.2, 0.25) is 0 Å². The van der Waals surface area contributed by atoms with Crippen LogP contribution in [0.2, 0.25) is 0 Å². The van der Waals surface area contributed by atoms with E-state index in [4.69, 9.17) is 0 Å². The Bertz CT molecular complexity index is 915. The van der Waals surface area contributed by atoms with Crippen molar-refractivity contribution in [2.24, 2.45) is 0 Å². The number of carbonyl (C=O) groups excluding carboxylic acids is 2. The number of amides is 2. The summed E-state index contributed by atoms with van der Waals surface area (Å²) in [6, 6.07) is 24.9. The second-order valence-corrected chi connectivity index (χ2v) is 6.52. The van der Waals surface area contributed by atoms with Gasteiger partial charge in [-0.25, -0.2) is 0 Å². The topological polar surface area (TPSA) is 49.4 Å². The van der Waals surface area contributed by atoms with E-state index in [0.717, 1.165) is 16.7 Å². The summed E-state index contributed by atoms with van der Waals surface area (Å²) in [7, 11) is 3.44. The second-order valence-electron chi connectivity index (χ2n) is 6.52. The Hall–Kier alpha value is -3.40. The monoisotopic (exact) mass is 358 g/mol. The Morgan fingerprint density at radius 1 is 0.741 bits per heavy atom. The second kappa shape index (κ2) is 8.32. The molecule has 0 aliphatic heterocycles. The lowest BCUT2D eigenvalue weighted by Gasteiger charge is -2.11. The molecule has 4 nitrogen and oxygen atoms in total. The fourth-order valence-corrected chi connectivity index (χ4v) is 2.75. The van der Waals surface area contributed by atoms with Crippen LogP contribution < -0.4 is 5.32 Å². The Balaban J connectivity index is 1.60. The van der Waals surface area contributed by atoms with Crippen LogP contribution in [0.3, 0.4) is 0 Å². The molecule has 2 amide bonds. The molecule has 0 bridgehead atoms. The summed E-state index contributed by atoms with van der Waals surface area (Å²) in [5.74, 6) is -0.160. The summed E-state index contributed by atoms with van der Waals surface area (Å²) < 4.78 is 0. The number of benzene rings is 3. The van der Waals surface area contributed by atoms with Gasteiger partial charge in [0.15, 0.2) is 0 Å². The normalized spacial score (nSPS) is 10.3. The quantitative estimate of drug-likeness (QED) is 0.750. The van der Waals surface area contributed by atoms with Gasteiger partial charge in [0, 0.05) is 31.8 Å². The lowest BCUT2D eigenvalue weighted by Crippen LogP contribution is -2.23. The number of nitrogens with zero attached hydrogens (tertiary/aromatic N) is 1. The van der Waals surface area contributed by atoms with Crippen LogP contribution in [0.25, 0.3) is 11.1 Å². The molecule has 0 unspecified atom stereocenters. The third-order valence-electron chi connectivity index (χ3n) is 4.31. The summed E-state index contributed by atoms with van der Waals surface area (Å²) >= 11 is 0. The summed E-state index contributed by atoms with van der Waals surface area (Å²) in [6.45, 7) is 0.412.